The Hall–Kier alpha value is -3.54. The van der Waals surface area contributed by atoms with Crippen molar-refractivity contribution in [1.29, 1.82) is 0 Å². The van der Waals surface area contributed by atoms with E-state index in [1.807, 2.05) is 30.4 Å². The fourth-order valence-corrected chi connectivity index (χ4v) is 4.25. The Kier molecular flexibility index (Phi) is 5.21. The summed E-state index contributed by atoms with van der Waals surface area (Å²) in [5.41, 5.74) is 4.06. The summed E-state index contributed by atoms with van der Waals surface area (Å²) in [7, 11) is 0. The number of carbonyl (C=O) groups is 1. The zero-order valence-electron chi connectivity index (χ0n) is 17.3. The number of anilines is 2. The standard InChI is InChI=1S/C26H22F2N2O2/c27-23-2-1-3-24(28)21(23)11-15-4-5-18-12-20(9-8-17(18)10-15)30-25-22(26(31)32)13-19(14-29-25)16-6-7-16/h1-5,8-9,12-16H,6-7,10-11H2,(H,29,30)(H,31,32). The minimum absolute atomic E-state index is 0.00274. The number of allylic oxidation sites excluding steroid dienone is 1. The van der Waals surface area contributed by atoms with Crippen molar-refractivity contribution in [3.8, 4) is 0 Å². The van der Waals surface area contributed by atoms with Crippen molar-refractivity contribution in [2.45, 2.75) is 31.6 Å². The minimum atomic E-state index is -1.01. The number of aromatic nitrogens is 1. The number of fused-ring (bicyclic) bond motifs is 1. The molecule has 1 fully saturated rings. The van der Waals surface area contributed by atoms with E-state index in [0.717, 1.165) is 35.2 Å². The molecule has 1 atom stereocenters. The maximum absolute atomic E-state index is 14.0. The highest BCUT2D eigenvalue weighted by Crippen LogP contribution is 2.40. The summed E-state index contributed by atoms with van der Waals surface area (Å²) >= 11 is 0. The molecule has 1 unspecified atom stereocenters. The Morgan fingerprint density at radius 1 is 1.12 bits per heavy atom. The van der Waals surface area contributed by atoms with Crippen molar-refractivity contribution < 1.29 is 18.7 Å². The molecule has 0 aliphatic heterocycles. The lowest BCUT2D eigenvalue weighted by Gasteiger charge is -2.21. The van der Waals surface area contributed by atoms with Crippen molar-refractivity contribution >= 4 is 23.6 Å². The highest BCUT2D eigenvalue weighted by atomic mass is 19.1. The summed E-state index contributed by atoms with van der Waals surface area (Å²) in [6.07, 6.45) is 8.81. The topological polar surface area (TPSA) is 62.2 Å². The maximum Gasteiger partial charge on any atom is 0.339 e. The Labute approximate surface area is 184 Å². The van der Waals surface area contributed by atoms with Crippen LogP contribution in [0.4, 0.5) is 20.3 Å². The van der Waals surface area contributed by atoms with Gasteiger partial charge in [0.2, 0.25) is 0 Å². The first kappa shape index (κ1) is 20.4. The van der Waals surface area contributed by atoms with E-state index in [1.165, 1.54) is 18.2 Å². The number of hydrogen-bond donors (Lipinski definition) is 2. The SMILES string of the molecule is O=C(O)c1cc(C2CC2)cnc1Nc1ccc2c(c1)C=CC(Cc1c(F)cccc1F)C2. The van der Waals surface area contributed by atoms with Crippen molar-refractivity contribution in [2.24, 2.45) is 5.92 Å². The predicted molar refractivity (Wildman–Crippen MR) is 119 cm³/mol. The third-order valence-electron chi connectivity index (χ3n) is 6.15. The molecule has 162 valence electrons. The Morgan fingerprint density at radius 2 is 1.91 bits per heavy atom. The molecule has 2 aliphatic carbocycles. The van der Waals surface area contributed by atoms with Gasteiger partial charge in [-0.15, -0.1) is 0 Å². The van der Waals surface area contributed by atoms with E-state index < -0.39 is 17.6 Å². The first-order valence-electron chi connectivity index (χ1n) is 10.7. The van der Waals surface area contributed by atoms with E-state index in [0.29, 0.717) is 24.6 Å². The molecule has 0 spiro atoms. The van der Waals surface area contributed by atoms with E-state index >= 15 is 0 Å². The lowest BCUT2D eigenvalue weighted by molar-refractivity contribution is 0.0697. The first-order valence-corrected chi connectivity index (χ1v) is 10.7. The molecule has 32 heavy (non-hydrogen) atoms. The van der Waals surface area contributed by atoms with Gasteiger partial charge < -0.3 is 10.4 Å². The second kappa shape index (κ2) is 8.19. The number of carboxylic acids is 1. The van der Waals surface area contributed by atoms with E-state index in [-0.39, 0.29) is 17.0 Å². The number of nitrogens with one attached hydrogen (secondary N) is 1. The van der Waals surface area contributed by atoms with Crippen LogP contribution < -0.4 is 5.32 Å². The van der Waals surface area contributed by atoms with E-state index in [2.05, 4.69) is 10.3 Å². The maximum atomic E-state index is 14.0. The van der Waals surface area contributed by atoms with Gasteiger partial charge in [0.1, 0.15) is 23.0 Å². The normalized spacial score (nSPS) is 17.1. The Morgan fingerprint density at radius 3 is 2.62 bits per heavy atom. The van der Waals surface area contributed by atoms with Crippen LogP contribution in [0.25, 0.3) is 6.08 Å². The summed E-state index contributed by atoms with van der Waals surface area (Å²) in [6.45, 7) is 0. The summed E-state index contributed by atoms with van der Waals surface area (Å²) in [5.74, 6) is -1.30. The predicted octanol–water partition coefficient (Wildman–Crippen LogP) is 6.11. The van der Waals surface area contributed by atoms with Crippen LogP contribution in [0, 0.1) is 17.6 Å². The largest absolute Gasteiger partial charge is 0.478 e. The number of rotatable bonds is 6. The van der Waals surface area contributed by atoms with Crippen molar-refractivity contribution in [3.05, 3.63) is 94.2 Å². The molecule has 1 aromatic heterocycles. The molecule has 4 nitrogen and oxygen atoms in total. The number of hydrogen-bond acceptors (Lipinski definition) is 3. The highest BCUT2D eigenvalue weighted by Gasteiger charge is 2.26. The van der Waals surface area contributed by atoms with Gasteiger partial charge in [-0.25, -0.2) is 18.6 Å². The third-order valence-corrected chi connectivity index (χ3v) is 6.15. The zero-order chi connectivity index (χ0) is 22.2. The van der Waals surface area contributed by atoms with Gasteiger partial charge >= 0.3 is 5.97 Å². The summed E-state index contributed by atoms with van der Waals surface area (Å²) in [6, 6.07) is 11.4. The molecule has 2 aromatic carbocycles. The Bertz CT molecular complexity index is 1210. The van der Waals surface area contributed by atoms with E-state index in [9.17, 15) is 18.7 Å². The highest BCUT2D eigenvalue weighted by molar-refractivity contribution is 5.94. The van der Waals surface area contributed by atoms with Crippen LogP contribution in [-0.4, -0.2) is 16.1 Å². The van der Waals surface area contributed by atoms with Gasteiger partial charge in [0.15, 0.2) is 0 Å². The summed E-state index contributed by atoms with van der Waals surface area (Å²) in [5, 5.41) is 12.7. The number of halogens is 2. The molecular weight excluding hydrogens is 410 g/mol. The zero-order valence-corrected chi connectivity index (χ0v) is 17.3. The smallest absolute Gasteiger partial charge is 0.339 e. The second-order valence-electron chi connectivity index (χ2n) is 8.51. The molecule has 1 saturated carbocycles. The lowest BCUT2D eigenvalue weighted by Crippen LogP contribution is -2.12. The van der Waals surface area contributed by atoms with Gasteiger partial charge in [-0.1, -0.05) is 24.3 Å². The van der Waals surface area contributed by atoms with E-state index in [1.54, 1.807) is 12.3 Å². The van der Waals surface area contributed by atoms with E-state index in [4.69, 9.17) is 0 Å². The van der Waals surface area contributed by atoms with Crippen LogP contribution in [0.5, 0.6) is 0 Å². The van der Waals surface area contributed by atoms with Crippen molar-refractivity contribution in [1.82, 2.24) is 4.98 Å². The molecule has 0 bridgehead atoms. The monoisotopic (exact) mass is 432 g/mol. The summed E-state index contributed by atoms with van der Waals surface area (Å²) < 4.78 is 28.0. The fraction of sp³-hybridized carbons (Fsp3) is 0.231. The number of pyridine rings is 1. The number of carboxylic acid groups (broad SMARTS) is 1. The lowest BCUT2D eigenvalue weighted by atomic mass is 9.85. The van der Waals surface area contributed by atoms with Gasteiger partial charge in [-0.2, -0.15) is 0 Å². The van der Waals surface area contributed by atoms with Gasteiger partial charge in [-0.05, 0) is 84.5 Å². The van der Waals surface area contributed by atoms with Crippen LogP contribution in [0.3, 0.4) is 0 Å². The van der Waals surface area contributed by atoms with Crippen molar-refractivity contribution in [3.63, 3.8) is 0 Å². The van der Waals surface area contributed by atoms with Gasteiger partial charge in [0.25, 0.3) is 0 Å². The van der Waals surface area contributed by atoms with Crippen LogP contribution in [0.1, 0.15) is 51.4 Å². The van der Waals surface area contributed by atoms with Gasteiger partial charge in [-0.3, -0.25) is 0 Å². The van der Waals surface area contributed by atoms with Crippen LogP contribution in [-0.2, 0) is 12.8 Å². The minimum Gasteiger partial charge on any atom is -0.478 e. The van der Waals surface area contributed by atoms with Crippen molar-refractivity contribution in [2.75, 3.05) is 5.32 Å². The molecule has 0 amide bonds. The molecule has 1 heterocycles. The van der Waals surface area contributed by atoms with Crippen LogP contribution in [0.2, 0.25) is 0 Å². The number of aromatic carboxylic acids is 1. The van der Waals surface area contributed by atoms with Gasteiger partial charge in [0.05, 0.1) is 0 Å². The van der Waals surface area contributed by atoms with Crippen LogP contribution in [0.15, 0.2) is 54.7 Å². The quantitative estimate of drug-likeness (QED) is 0.494. The molecule has 2 aliphatic rings. The third kappa shape index (κ3) is 4.13. The average molecular weight is 432 g/mol. The molecule has 0 saturated heterocycles. The molecule has 5 rings (SSSR count). The molecule has 3 aromatic rings. The molecule has 2 N–H and O–H groups in total. The summed E-state index contributed by atoms with van der Waals surface area (Å²) in [4.78, 5) is 16.1. The molecular formula is C26H22F2N2O2. The Balaban J connectivity index is 1.34. The van der Waals surface area contributed by atoms with Crippen LogP contribution >= 0.6 is 0 Å². The fourth-order valence-electron chi connectivity index (χ4n) is 4.25. The number of nitrogens with zero attached hydrogens (tertiary/aromatic N) is 1. The molecule has 0 radical (unpaired) electrons. The molecule has 6 heteroatoms. The number of benzene rings is 2. The second-order valence-corrected chi connectivity index (χ2v) is 8.51. The first-order chi connectivity index (χ1) is 15.5. The average Bonchev–Trinajstić information content (AvgIpc) is 3.62. The van der Waals surface area contributed by atoms with Gasteiger partial charge in [0, 0.05) is 17.4 Å².